The minimum atomic E-state index is -0.470. The van der Waals surface area contributed by atoms with Gasteiger partial charge in [-0.25, -0.2) is 14.3 Å². The molecule has 1 saturated heterocycles. The number of fused-ring (bicyclic) bond motifs is 1. The second-order valence-electron chi connectivity index (χ2n) is 8.16. The molecule has 0 saturated carbocycles. The monoisotopic (exact) mass is 382 g/mol. The number of aryl methyl sites for hydroxylation is 1. The Morgan fingerprint density at radius 1 is 1.11 bits per heavy atom. The third-order valence-corrected chi connectivity index (χ3v) is 4.77. The summed E-state index contributed by atoms with van der Waals surface area (Å²) in [4.78, 5) is 20.7. The number of imidazole rings is 1. The van der Waals surface area contributed by atoms with E-state index in [1.54, 1.807) is 11.2 Å². The first kappa shape index (κ1) is 18.3. The Balaban J connectivity index is 1.48. The smallest absolute Gasteiger partial charge is 0.410 e. The van der Waals surface area contributed by atoms with Crippen LogP contribution in [0, 0.1) is 0 Å². The van der Waals surface area contributed by atoms with E-state index in [0.717, 1.165) is 35.6 Å². The SMILES string of the molecule is Cn1cnc(-c2ccc3c(N4CCN(C(=O)OC(C)(C)C)CC4)cnn3c2)c1. The van der Waals surface area contributed by atoms with E-state index in [0.29, 0.717) is 13.1 Å². The lowest BCUT2D eigenvalue weighted by Crippen LogP contribution is -2.50. The van der Waals surface area contributed by atoms with Crippen molar-refractivity contribution in [2.24, 2.45) is 7.05 Å². The average molecular weight is 382 g/mol. The van der Waals surface area contributed by atoms with Crippen molar-refractivity contribution in [3.63, 3.8) is 0 Å². The van der Waals surface area contributed by atoms with Crippen molar-refractivity contribution in [2.45, 2.75) is 26.4 Å². The molecule has 8 heteroatoms. The van der Waals surface area contributed by atoms with Crippen molar-refractivity contribution < 1.29 is 9.53 Å². The summed E-state index contributed by atoms with van der Waals surface area (Å²) < 4.78 is 9.29. The van der Waals surface area contributed by atoms with Gasteiger partial charge >= 0.3 is 6.09 Å². The molecule has 0 bridgehead atoms. The molecule has 3 aromatic rings. The lowest BCUT2D eigenvalue weighted by molar-refractivity contribution is 0.0241. The number of amides is 1. The summed E-state index contributed by atoms with van der Waals surface area (Å²) in [5.74, 6) is 0. The first-order chi connectivity index (χ1) is 13.3. The second kappa shape index (κ2) is 6.85. The van der Waals surface area contributed by atoms with Crippen LogP contribution in [0.1, 0.15) is 20.8 Å². The minimum Gasteiger partial charge on any atom is -0.444 e. The molecule has 0 unspecified atom stereocenters. The maximum absolute atomic E-state index is 12.3. The van der Waals surface area contributed by atoms with Gasteiger partial charge in [0.2, 0.25) is 0 Å². The fourth-order valence-corrected chi connectivity index (χ4v) is 3.38. The molecule has 1 fully saturated rings. The molecular weight excluding hydrogens is 356 g/mol. The van der Waals surface area contributed by atoms with Crippen LogP contribution in [0.15, 0.2) is 37.1 Å². The average Bonchev–Trinajstić information content (AvgIpc) is 3.26. The van der Waals surface area contributed by atoms with E-state index in [1.807, 2.05) is 55.5 Å². The van der Waals surface area contributed by atoms with E-state index in [9.17, 15) is 4.79 Å². The van der Waals surface area contributed by atoms with Crippen LogP contribution in [0.25, 0.3) is 16.8 Å². The van der Waals surface area contributed by atoms with Crippen LogP contribution >= 0.6 is 0 Å². The summed E-state index contributed by atoms with van der Waals surface area (Å²) in [5.41, 5.74) is 3.61. The Hall–Kier alpha value is -3.03. The predicted molar refractivity (Wildman–Crippen MR) is 107 cm³/mol. The van der Waals surface area contributed by atoms with Crippen molar-refractivity contribution in [1.29, 1.82) is 0 Å². The maximum Gasteiger partial charge on any atom is 0.410 e. The maximum atomic E-state index is 12.3. The minimum absolute atomic E-state index is 0.244. The van der Waals surface area contributed by atoms with Crippen LogP contribution in [-0.2, 0) is 11.8 Å². The van der Waals surface area contributed by atoms with Crippen molar-refractivity contribution in [1.82, 2.24) is 24.1 Å². The van der Waals surface area contributed by atoms with Crippen molar-refractivity contribution in [2.75, 3.05) is 31.1 Å². The van der Waals surface area contributed by atoms with Crippen molar-refractivity contribution in [3.8, 4) is 11.3 Å². The van der Waals surface area contributed by atoms with Gasteiger partial charge in [0, 0.05) is 51.2 Å². The van der Waals surface area contributed by atoms with Crippen LogP contribution < -0.4 is 4.90 Å². The van der Waals surface area contributed by atoms with E-state index in [1.165, 1.54) is 0 Å². The predicted octanol–water partition coefficient (Wildman–Crippen LogP) is 2.79. The molecule has 1 amide bonds. The third-order valence-electron chi connectivity index (χ3n) is 4.77. The number of nitrogens with zero attached hydrogens (tertiary/aromatic N) is 6. The molecule has 3 aromatic heterocycles. The molecule has 0 radical (unpaired) electrons. The molecule has 4 heterocycles. The summed E-state index contributed by atoms with van der Waals surface area (Å²) >= 11 is 0. The Bertz CT molecular complexity index is 992. The molecule has 0 aromatic carbocycles. The number of ether oxygens (including phenoxy) is 1. The first-order valence-electron chi connectivity index (χ1n) is 9.49. The Morgan fingerprint density at radius 2 is 1.86 bits per heavy atom. The van der Waals surface area contributed by atoms with E-state index in [4.69, 9.17) is 4.74 Å². The van der Waals surface area contributed by atoms with E-state index in [-0.39, 0.29) is 6.09 Å². The molecule has 28 heavy (non-hydrogen) atoms. The highest BCUT2D eigenvalue weighted by molar-refractivity contribution is 5.75. The number of carbonyl (C=O) groups is 1. The topological polar surface area (TPSA) is 67.9 Å². The van der Waals surface area contributed by atoms with Crippen LogP contribution in [0.3, 0.4) is 0 Å². The van der Waals surface area contributed by atoms with Crippen molar-refractivity contribution >= 4 is 17.3 Å². The highest BCUT2D eigenvalue weighted by Crippen LogP contribution is 2.26. The standard InChI is InChI=1S/C20H26N6O2/c1-20(2,3)28-19(27)25-9-7-24(8-10-25)18-11-22-26-12-15(5-6-17(18)26)16-13-23(4)14-21-16/h5-6,11-14H,7-10H2,1-4H3. The summed E-state index contributed by atoms with van der Waals surface area (Å²) in [6, 6.07) is 4.15. The molecular formula is C20H26N6O2. The number of anilines is 1. The normalized spacial score (nSPS) is 15.3. The quantitative estimate of drug-likeness (QED) is 0.682. The molecule has 0 spiro atoms. The van der Waals surface area contributed by atoms with Crippen LogP contribution in [0.4, 0.5) is 10.5 Å². The van der Waals surface area contributed by atoms with Gasteiger partial charge in [-0.2, -0.15) is 5.10 Å². The number of hydrogen-bond acceptors (Lipinski definition) is 5. The third kappa shape index (κ3) is 3.67. The number of piperazine rings is 1. The van der Waals surface area contributed by atoms with E-state index in [2.05, 4.69) is 27.1 Å². The molecule has 1 aliphatic heterocycles. The summed E-state index contributed by atoms with van der Waals surface area (Å²) in [6.45, 7) is 8.44. The molecule has 1 aliphatic rings. The Kier molecular flexibility index (Phi) is 4.49. The fourth-order valence-electron chi connectivity index (χ4n) is 3.38. The zero-order chi connectivity index (χ0) is 19.9. The first-order valence-corrected chi connectivity index (χ1v) is 9.49. The molecule has 8 nitrogen and oxygen atoms in total. The zero-order valence-electron chi connectivity index (χ0n) is 16.8. The molecule has 0 N–H and O–H groups in total. The molecule has 4 rings (SSSR count). The second-order valence-corrected chi connectivity index (χ2v) is 8.16. The highest BCUT2D eigenvalue weighted by Gasteiger charge is 2.27. The molecule has 0 aliphatic carbocycles. The highest BCUT2D eigenvalue weighted by atomic mass is 16.6. The van der Waals surface area contributed by atoms with E-state index < -0.39 is 5.60 Å². The van der Waals surface area contributed by atoms with Crippen LogP contribution in [0.2, 0.25) is 0 Å². The Labute approximate surface area is 164 Å². The van der Waals surface area contributed by atoms with Crippen molar-refractivity contribution in [3.05, 3.63) is 37.1 Å². The number of aromatic nitrogens is 4. The van der Waals surface area contributed by atoms with Gasteiger partial charge in [-0.05, 0) is 32.9 Å². The largest absolute Gasteiger partial charge is 0.444 e. The lowest BCUT2D eigenvalue weighted by Gasteiger charge is -2.36. The number of carbonyl (C=O) groups excluding carboxylic acids is 1. The summed E-state index contributed by atoms with van der Waals surface area (Å²) in [6.07, 6.45) is 7.42. The van der Waals surface area contributed by atoms with Gasteiger partial charge in [0.1, 0.15) is 5.60 Å². The number of pyridine rings is 1. The number of rotatable bonds is 2. The Morgan fingerprint density at radius 3 is 2.50 bits per heavy atom. The van der Waals surface area contributed by atoms with Gasteiger partial charge in [-0.3, -0.25) is 0 Å². The van der Waals surface area contributed by atoms with Gasteiger partial charge in [0.15, 0.2) is 0 Å². The summed E-state index contributed by atoms with van der Waals surface area (Å²) in [5, 5.41) is 4.52. The molecule has 0 atom stereocenters. The molecule has 148 valence electrons. The van der Waals surface area contributed by atoms with Crippen LogP contribution in [0.5, 0.6) is 0 Å². The fraction of sp³-hybridized carbons (Fsp3) is 0.450. The van der Waals surface area contributed by atoms with Gasteiger partial charge in [-0.15, -0.1) is 0 Å². The summed E-state index contributed by atoms with van der Waals surface area (Å²) in [7, 11) is 1.96. The number of hydrogen-bond donors (Lipinski definition) is 0. The lowest BCUT2D eigenvalue weighted by atomic mass is 10.2. The van der Waals surface area contributed by atoms with Gasteiger partial charge < -0.3 is 19.1 Å². The zero-order valence-corrected chi connectivity index (χ0v) is 16.8. The van der Waals surface area contributed by atoms with E-state index >= 15 is 0 Å². The van der Waals surface area contributed by atoms with Gasteiger partial charge in [0.05, 0.1) is 29.4 Å². The van der Waals surface area contributed by atoms with Crippen LogP contribution in [-0.4, -0.2) is 61.9 Å². The van der Waals surface area contributed by atoms with Gasteiger partial charge in [-0.1, -0.05) is 0 Å². The van der Waals surface area contributed by atoms with Gasteiger partial charge in [0.25, 0.3) is 0 Å².